The van der Waals surface area contributed by atoms with Gasteiger partial charge < -0.3 is 4.90 Å². The highest BCUT2D eigenvalue weighted by Gasteiger charge is 2.37. The molecule has 1 aliphatic rings. The van der Waals surface area contributed by atoms with Crippen LogP contribution in [0.15, 0.2) is 22.8 Å². The van der Waals surface area contributed by atoms with Crippen molar-refractivity contribution in [2.24, 2.45) is 5.41 Å². The SMILES string of the molecule is CC1(C)CN(C(=O)c2cccc(Br)n2)C1. The third kappa shape index (κ3) is 2.20. The molecule has 0 spiro atoms. The maximum Gasteiger partial charge on any atom is 0.272 e. The Balaban J connectivity index is 2.10. The second-order valence-corrected chi connectivity index (χ2v) is 5.48. The van der Waals surface area contributed by atoms with Gasteiger partial charge in [0.25, 0.3) is 5.91 Å². The Morgan fingerprint density at radius 1 is 1.47 bits per heavy atom. The molecule has 0 saturated carbocycles. The van der Waals surface area contributed by atoms with Gasteiger partial charge in [0, 0.05) is 13.1 Å². The minimum atomic E-state index is 0.0237. The fourth-order valence-corrected chi connectivity index (χ4v) is 2.16. The van der Waals surface area contributed by atoms with Crippen molar-refractivity contribution in [3.8, 4) is 0 Å². The average Bonchev–Trinajstić information content (AvgIpc) is 2.13. The molecular formula is C11H13BrN2O. The van der Waals surface area contributed by atoms with E-state index >= 15 is 0 Å². The fourth-order valence-electron chi connectivity index (χ4n) is 1.82. The van der Waals surface area contributed by atoms with Crippen LogP contribution in [-0.4, -0.2) is 28.9 Å². The highest BCUT2D eigenvalue weighted by molar-refractivity contribution is 9.10. The summed E-state index contributed by atoms with van der Waals surface area (Å²) >= 11 is 3.26. The zero-order valence-corrected chi connectivity index (χ0v) is 10.4. The summed E-state index contributed by atoms with van der Waals surface area (Å²) in [6.45, 7) is 5.95. The molecule has 1 fully saturated rings. The largest absolute Gasteiger partial charge is 0.336 e. The van der Waals surface area contributed by atoms with Crippen molar-refractivity contribution in [1.29, 1.82) is 0 Å². The fraction of sp³-hybridized carbons (Fsp3) is 0.455. The molecular weight excluding hydrogens is 256 g/mol. The van der Waals surface area contributed by atoms with E-state index in [4.69, 9.17) is 0 Å². The molecule has 1 aromatic rings. The Labute approximate surface area is 97.6 Å². The van der Waals surface area contributed by atoms with Crippen LogP contribution in [0.25, 0.3) is 0 Å². The zero-order chi connectivity index (χ0) is 11.1. The first-order chi connectivity index (χ1) is 6.98. The number of likely N-dealkylation sites (tertiary alicyclic amines) is 1. The number of aromatic nitrogens is 1. The summed E-state index contributed by atoms with van der Waals surface area (Å²) in [7, 11) is 0. The number of carbonyl (C=O) groups is 1. The van der Waals surface area contributed by atoms with Gasteiger partial charge in [-0.2, -0.15) is 0 Å². The van der Waals surface area contributed by atoms with Crippen molar-refractivity contribution in [2.45, 2.75) is 13.8 Å². The summed E-state index contributed by atoms with van der Waals surface area (Å²) < 4.78 is 0.702. The predicted octanol–water partition coefficient (Wildman–Crippen LogP) is 2.33. The van der Waals surface area contributed by atoms with Gasteiger partial charge in [0.2, 0.25) is 0 Å². The molecule has 4 heteroatoms. The van der Waals surface area contributed by atoms with Gasteiger partial charge in [-0.3, -0.25) is 4.79 Å². The molecule has 2 rings (SSSR count). The minimum Gasteiger partial charge on any atom is -0.336 e. The lowest BCUT2D eigenvalue weighted by molar-refractivity contribution is 0.0230. The van der Waals surface area contributed by atoms with Crippen LogP contribution in [-0.2, 0) is 0 Å². The van der Waals surface area contributed by atoms with Crippen molar-refractivity contribution in [2.75, 3.05) is 13.1 Å². The van der Waals surface area contributed by atoms with Crippen LogP contribution in [0.1, 0.15) is 24.3 Å². The molecule has 1 aliphatic heterocycles. The first-order valence-corrected chi connectivity index (χ1v) is 5.69. The normalized spacial score (nSPS) is 18.5. The first kappa shape index (κ1) is 10.6. The molecule has 80 valence electrons. The Bertz CT molecular complexity index is 395. The molecule has 0 radical (unpaired) electrons. The van der Waals surface area contributed by atoms with Crippen molar-refractivity contribution in [3.63, 3.8) is 0 Å². The van der Waals surface area contributed by atoms with E-state index < -0.39 is 0 Å². The van der Waals surface area contributed by atoms with Gasteiger partial charge in [-0.15, -0.1) is 0 Å². The number of halogens is 1. The molecule has 3 nitrogen and oxygen atoms in total. The van der Waals surface area contributed by atoms with Gasteiger partial charge in [0.1, 0.15) is 10.3 Å². The van der Waals surface area contributed by atoms with E-state index in [-0.39, 0.29) is 11.3 Å². The van der Waals surface area contributed by atoms with Crippen LogP contribution >= 0.6 is 15.9 Å². The second kappa shape index (κ2) is 3.59. The quantitative estimate of drug-likeness (QED) is 0.733. The molecule has 0 bridgehead atoms. The third-order valence-corrected chi connectivity index (χ3v) is 2.90. The van der Waals surface area contributed by atoms with E-state index in [0.717, 1.165) is 13.1 Å². The smallest absolute Gasteiger partial charge is 0.272 e. The van der Waals surface area contributed by atoms with Crippen molar-refractivity contribution < 1.29 is 4.79 Å². The summed E-state index contributed by atoms with van der Waals surface area (Å²) in [6.07, 6.45) is 0. The maximum atomic E-state index is 11.9. The summed E-state index contributed by atoms with van der Waals surface area (Å²) in [5, 5.41) is 0. The molecule has 0 N–H and O–H groups in total. The number of hydrogen-bond acceptors (Lipinski definition) is 2. The van der Waals surface area contributed by atoms with E-state index in [0.29, 0.717) is 10.3 Å². The van der Waals surface area contributed by atoms with Gasteiger partial charge in [0.15, 0.2) is 0 Å². The summed E-state index contributed by atoms with van der Waals surface area (Å²) in [4.78, 5) is 17.9. The van der Waals surface area contributed by atoms with Gasteiger partial charge >= 0.3 is 0 Å². The molecule has 15 heavy (non-hydrogen) atoms. The van der Waals surface area contributed by atoms with E-state index in [1.165, 1.54) is 0 Å². The van der Waals surface area contributed by atoms with Crippen LogP contribution in [0.5, 0.6) is 0 Å². The van der Waals surface area contributed by atoms with Crippen LogP contribution in [0.4, 0.5) is 0 Å². The monoisotopic (exact) mass is 268 g/mol. The van der Waals surface area contributed by atoms with Crippen molar-refractivity contribution in [3.05, 3.63) is 28.5 Å². The molecule has 0 unspecified atom stereocenters. The molecule has 1 amide bonds. The molecule has 2 heterocycles. The highest BCUT2D eigenvalue weighted by Crippen LogP contribution is 2.29. The number of pyridine rings is 1. The van der Waals surface area contributed by atoms with E-state index in [9.17, 15) is 4.79 Å². The minimum absolute atomic E-state index is 0.0237. The highest BCUT2D eigenvalue weighted by atomic mass is 79.9. The third-order valence-electron chi connectivity index (χ3n) is 2.46. The average molecular weight is 269 g/mol. The Morgan fingerprint density at radius 2 is 2.13 bits per heavy atom. The molecule has 0 aromatic carbocycles. The van der Waals surface area contributed by atoms with Crippen molar-refractivity contribution in [1.82, 2.24) is 9.88 Å². The Morgan fingerprint density at radius 3 is 2.67 bits per heavy atom. The number of hydrogen-bond donors (Lipinski definition) is 0. The van der Waals surface area contributed by atoms with Crippen LogP contribution in [0.3, 0.4) is 0 Å². The zero-order valence-electron chi connectivity index (χ0n) is 8.83. The number of nitrogens with zero attached hydrogens (tertiary/aromatic N) is 2. The molecule has 1 saturated heterocycles. The van der Waals surface area contributed by atoms with Crippen LogP contribution < -0.4 is 0 Å². The van der Waals surface area contributed by atoms with Crippen LogP contribution in [0, 0.1) is 5.41 Å². The standard InChI is InChI=1S/C11H13BrN2O/c1-11(2)6-14(7-11)10(15)8-4-3-5-9(12)13-8/h3-5H,6-7H2,1-2H3. The molecule has 0 aliphatic carbocycles. The van der Waals surface area contributed by atoms with Gasteiger partial charge in [-0.05, 0) is 33.5 Å². The number of amides is 1. The van der Waals surface area contributed by atoms with Crippen LogP contribution in [0.2, 0.25) is 0 Å². The first-order valence-electron chi connectivity index (χ1n) is 4.90. The molecule has 1 aromatic heterocycles. The predicted molar refractivity (Wildman–Crippen MR) is 61.6 cm³/mol. The van der Waals surface area contributed by atoms with Gasteiger partial charge in [-0.1, -0.05) is 19.9 Å². The summed E-state index contributed by atoms with van der Waals surface area (Å²) in [6, 6.07) is 5.39. The lowest BCUT2D eigenvalue weighted by Gasteiger charge is -2.45. The Kier molecular flexibility index (Phi) is 2.54. The molecule has 0 atom stereocenters. The lowest BCUT2D eigenvalue weighted by Crippen LogP contribution is -2.55. The second-order valence-electron chi connectivity index (χ2n) is 4.67. The van der Waals surface area contributed by atoms with Gasteiger partial charge in [-0.25, -0.2) is 4.98 Å². The number of carbonyl (C=O) groups excluding carboxylic acids is 1. The topological polar surface area (TPSA) is 33.2 Å². The van der Waals surface area contributed by atoms with E-state index in [1.54, 1.807) is 6.07 Å². The summed E-state index contributed by atoms with van der Waals surface area (Å²) in [5.74, 6) is 0.0237. The summed E-state index contributed by atoms with van der Waals surface area (Å²) in [5.41, 5.74) is 0.779. The van der Waals surface area contributed by atoms with Gasteiger partial charge in [0.05, 0.1) is 0 Å². The Hall–Kier alpha value is -0.900. The van der Waals surface area contributed by atoms with E-state index in [2.05, 4.69) is 34.8 Å². The van der Waals surface area contributed by atoms with Crippen molar-refractivity contribution >= 4 is 21.8 Å². The number of rotatable bonds is 1. The maximum absolute atomic E-state index is 11.9. The lowest BCUT2D eigenvalue weighted by atomic mass is 9.84. The van der Waals surface area contributed by atoms with E-state index in [1.807, 2.05) is 17.0 Å².